The Morgan fingerprint density at radius 2 is 2.31 bits per heavy atom. The number of nitrogens with zero attached hydrogens (tertiary/aromatic N) is 1. The molecule has 0 aromatic heterocycles. The van der Waals surface area contributed by atoms with Gasteiger partial charge in [0, 0.05) is 10.9 Å². The first-order valence-corrected chi connectivity index (χ1v) is 4.69. The van der Waals surface area contributed by atoms with Gasteiger partial charge >= 0.3 is 0 Å². The van der Waals surface area contributed by atoms with Crippen LogP contribution in [0.4, 0.5) is 8.78 Å². The van der Waals surface area contributed by atoms with Gasteiger partial charge in [-0.05, 0) is 6.92 Å². The summed E-state index contributed by atoms with van der Waals surface area (Å²) >= 11 is 3.14. The van der Waals surface area contributed by atoms with E-state index in [0.29, 0.717) is 11.0 Å². The molecule has 0 aromatic rings. The van der Waals surface area contributed by atoms with Crippen LogP contribution in [0.5, 0.6) is 0 Å². The van der Waals surface area contributed by atoms with Crippen molar-refractivity contribution in [2.75, 3.05) is 6.54 Å². The Morgan fingerprint density at radius 3 is 2.85 bits per heavy atom. The van der Waals surface area contributed by atoms with Crippen molar-refractivity contribution in [2.24, 2.45) is 16.1 Å². The minimum atomic E-state index is -2.44. The Morgan fingerprint density at radius 1 is 1.69 bits per heavy atom. The summed E-state index contributed by atoms with van der Waals surface area (Å²) in [4.78, 5) is 3.91. The lowest BCUT2D eigenvalue weighted by molar-refractivity contribution is 0.0420. The quantitative estimate of drug-likeness (QED) is 0.765. The molecule has 0 aliphatic carbocycles. The second-order valence-corrected chi connectivity index (χ2v) is 4.13. The molecular formula is C8H11BrF2N2. The number of hydrogen-bond donors (Lipinski definition) is 1. The van der Waals surface area contributed by atoms with Crippen LogP contribution in [-0.2, 0) is 0 Å². The Balaban J connectivity index is 2.99. The fourth-order valence-corrected chi connectivity index (χ4v) is 1.63. The van der Waals surface area contributed by atoms with E-state index in [1.165, 1.54) is 6.92 Å². The number of rotatable bonds is 1. The van der Waals surface area contributed by atoms with Crippen LogP contribution >= 0.6 is 15.9 Å². The van der Waals surface area contributed by atoms with Crippen LogP contribution in [0.25, 0.3) is 0 Å². The second-order valence-electron chi connectivity index (χ2n) is 3.28. The number of allylic oxidation sites excluding steroid dienone is 1. The summed E-state index contributed by atoms with van der Waals surface area (Å²) in [6.45, 7) is 1.85. The van der Waals surface area contributed by atoms with Crippen molar-refractivity contribution < 1.29 is 8.78 Å². The molecule has 1 aliphatic heterocycles. The molecule has 5 heteroatoms. The standard InChI is InChI=1S/C8H11BrF2N2/c1-8(7(10)11)4-6(12)13-3-2-5(8)9/h2,7H,3-4H2,1H3,(H2,12,13). The summed E-state index contributed by atoms with van der Waals surface area (Å²) in [5.41, 5.74) is 4.25. The highest BCUT2D eigenvalue weighted by Crippen LogP contribution is 2.41. The van der Waals surface area contributed by atoms with E-state index in [4.69, 9.17) is 5.73 Å². The molecule has 74 valence electrons. The first-order chi connectivity index (χ1) is 5.97. The van der Waals surface area contributed by atoms with Crippen molar-refractivity contribution in [3.63, 3.8) is 0 Å². The molecule has 0 saturated carbocycles. The van der Waals surface area contributed by atoms with Gasteiger partial charge in [-0.25, -0.2) is 8.78 Å². The third-order valence-electron chi connectivity index (χ3n) is 2.14. The number of alkyl halides is 2. The summed E-state index contributed by atoms with van der Waals surface area (Å²) in [5.74, 6) is 0.286. The number of nitrogens with two attached hydrogens (primary N) is 1. The van der Waals surface area contributed by atoms with Crippen molar-refractivity contribution in [3.05, 3.63) is 10.6 Å². The van der Waals surface area contributed by atoms with Gasteiger partial charge in [0.05, 0.1) is 17.8 Å². The maximum atomic E-state index is 12.7. The highest BCUT2D eigenvalue weighted by Gasteiger charge is 2.39. The molecule has 0 saturated heterocycles. The van der Waals surface area contributed by atoms with Crippen LogP contribution in [0.3, 0.4) is 0 Å². The smallest absolute Gasteiger partial charge is 0.248 e. The van der Waals surface area contributed by atoms with E-state index >= 15 is 0 Å². The van der Waals surface area contributed by atoms with Gasteiger partial charge in [0.2, 0.25) is 6.43 Å². The van der Waals surface area contributed by atoms with Crippen LogP contribution in [0, 0.1) is 5.41 Å². The molecule has 1 aliphatic rings. The van der Waals surface area contributed by atoms with Gasteiger partial charge in [0.25, 0.3) is 0 Å². The maximum absolute atomic E-state index is 12.7. The molecule has 1 atom stereocenters. The Labute approximate surface area is 84.0 Å². The molecule has 1 heterocycles. The highest BCUT2D eigenvalue weighted by atomic mass is 79.9. The third kappa shape index (κ3) is 2.07. The van der Waals surface area contributed by atoms with Crippen molar-refractivity contribution in [1.82, 2.24) is 0 Å². The summed E-state index contributed by atoms with van der Waals surface area (Å²) in [7, 11) is 0. The lowest BCUT2D eigenvalue weighted by Crippen LogP contribution is -2.31. The van der Waals surface area contributed by atoms with Gasteiger partial charge in [-0.1, -0.05) is 22.0 Å². The lowest BCUT2D eigenvalue weighted by atomic mass is 9.86. The Kier molecular flexibility index (Phi) is 3.05. The van der Waals surface area contributed by atoms with Crippen LogP contribution in [-0.4, -0.2) is 18.8 Å². The van der Waals surface area contributed by atoms with E-state index in [1.54, 1.807) is 6.08 Å². The lowest BCUT2D eigenvalue weighted by Gasteiger charge is -2.27. The predicted molar refractivity (Wildman–Crippen MR) is 52.2 cm³/mol. The summed E-state index contributed by atoms with van der Waals surface area (Å²) in [5, 5.41) is 0. The minimum absolute atomic E-state index is 0.0990. The zero-order valence-corrected chi connectivity index (χ0v) is 8.81. The molecule has 0 spiro atoms. The summed E-state index contributed by atoms with van der Waals surface area (Å²) < 4.78 is 25.9. The van der Waals surface area contributed by atoms with E-state index in [0.717, 1.165) is 0 Å². The zero-order chi connectivity index (χ0) is 10.1. The van der Waals surface area contributed by atoms with Crippen LogP contribution < -0.4 is 5.73 Å². The fourth-order valence-electron chi connectivity index (χ4n) is 1.17. The molecule has 0 amide bonds. The average molecular weight is 253 g/mol. The second kappa shape index (κ2) is 3.74. The van der Waals surface area contributed by atoms with Gasteiger partial charge in [-0.15, -0.1) is 0 Å². The summed E-state index contributed by atoms with van der Waals surface area (Å²) in [6, 6.07) is 0. The molecule has 1 rings (SSSR count). The molecule has 13 heavy (non-hydrogen) atoms. The molecule has 1 unspecified atom stereocenters. The normalized spacial score (nSPS) is 29.6. The molecule has 0 aromatic carbocycles. The third-order valence-corrected chi connectivity index (χ3v) is 3.37. The Bertz CT molecular complexity index is 263. The fraction of sp³-hybridized carbons (Fsp3) is 0.625. The molecule has 2 nitrogen and oxygen atoms in total. The van der Waals surface area contributed by atoms with Gasteiger partial charge in [-0.2, -0.15) is 0 Å². The molecular weight excluding hydrogens is 242 g/mol. The predicted octanol–water partition coefficient (Wildman–Crippen LogP) is 2.30. The topological polar surface area (TPSA) is 38.4 Å². The van der Waals surface area contributed by atoms with Crippen LogP contribution in [0.2, 0.25) is 0 Å². The largest absolute Gasteiger partial charge is 0.387 e. The monoisotopic (exact) mass is 252 g/mol. The van der Waals surface area contributed by atoms with Crippen molar-refractivity contribution >= 4 is 21.8 Å². The van der Waals surface area contributed by atoms with Crippen molar-refractivity contribution in [2.45, 2.75) is 19.8 Å². The number of hydrogen-bond acceptors (Lipinski definition) is 2. The minimum Gasteiger partial charge on any atom is -0.387 e. The first-order valence-electron chi connectivity index (χ1n) is 3.90. The van der Waals surface area contributed by atoms with E-state index < -0.39 is 11.8 Å². The number of amidine groups is 1. The van der Waals surface area contributed by atoms with E-state index in [2.05, 4.69) is 20.9 Å². The number of aliphatic imine (C=N–C) groups is 1. The maximum Gasteiger partial charge on any atom is 0.248 e. The van der Waals surface area contributed by atoms with Gasteiger partial charge in [0.1, 0.15) is 0 Å². The zero-order valence-electron chi connectivity index (χ0n) is 7.23. The van der Waals surface area contributed by atoms with Crippen LogP contribution in [0.1, 0.15) is 13.3 Å². The molecule has 2 N–H and O–H groups in total. The molecule has 0 radical (unpaired) electrons. The van der Waals surface area contributed by atoms with Crippen molar-refractivity contribution in [3.8, 4) is 0 Å². The van der Waals surface area contributed by atoms with Gasteiger partial charge < -0.3 is 5.73 Å². The van der Waals surface area contributed by atoms with E-state index in [-0.39, 0.29) is 12.3 Å². The SMILES string of the molecule is CC1(C(F)F)CC(N)=NCC=C1Br. The first kappa shape index (κ1) is 10.6. The summed E-state index contributed by atoms with van der Waals surface area (Å²) in [6.07, 6.45) is -0.710. The van der Waals surface area contributed by atoms with Gasteiger partial charge in [0.15, 0.2) is 0 Å². The number of halogens is 3. The van der Waals surface area contributed by atoms with Gasteiger partial charge in [-0.3, -0.25) is 4.99 Å². The van der Waals surface area contributed by atoms with E-state index in [1.807, 2.05) is 0 Å². The highest BCUT2D eigenvalue weighted by molar-refractivity contribution is 9.11. The molecule has 0 bridgehead atoms. The Hall–Kier alpha value is -0.450. The van der Waals surface area contributed by atoms with E-state index in [9.17, 15) is 8.78 Å². The van der Waals surface area contributed by atoms with Crippen LogP contribution in [0.15, 0.2) is 15.6 Å². The van der Waals surface area contributed by atoms with Crippen molar-refractivity contribution in [1.29, 1.82) is 0 Å². The average Bonchev–Trinajstić information content (AvgIpc) is 2.13. The molecule has 0 fully saturated rings.